The highest BCUT2D eigenvalue weighted by atomic mass is 32.1. The van der Waals surface area contributed by atoms with E-state index >= 15 is 0 Å². The number of H-pyrrole nitrogens is 1. The average Bonchev–Trinajstić information content (AvgIpc) is 3.41. The van der Waals surface area contributed by atoms with E-state index in [0.29, 0.717) is 0 Å². The largest absolute Gasteiger partial charge is 0.343 e. The summed E-state index contributed by atoms with van der Waals surface area (Å²) in [6.45, 7) is 0. The van der Waals surface area contributed by atoms with E-state index in [1.54, 1.807) is 29.0 Å². The van der Waals surface area contributed by atoms with Crippen molar-refractivity contribution in [2.75, 3.05) is 0 Å². The van der Waals surface area contributed by atoms with Crippen LogP contribution in [0.2, 0.25) is 0 Å². The van der Waals surface area contributed by atoms with E-state index in [1.165, 1.54) is 24.4 Å². The van der Waals surface area contributed by atoms with Crippen molar-refractivity contribution in [3.8, 4) is 29.9 Å². The monoisotopic (exact) mass is 365 g/mol. The van der Waals surface area contributed by atoms with Gasteiger partial charge in [0.1, 0.15) is 0 Å². The molecule has 0 unspecified atom stereocenters. The molecule has 0 fully saturated rings. The first-order chi connectivity index (χ1) is 11.9. The van der Waals surface area contributed by atoms with E-state index in [4.69, 9.17) is 0 Å². The molecule has 0 aliphatic rings. The Kier molecular flexibility index (Phi) is 3.33. The van der Waals surface area contributed by atoms with Crippen LogP contribution in [0.5, 0.6) is 0 Å². The summed E-state index contributed by atoms with van der Waals surface area (Å²) in [7, 11) is 0. The molecule has 0 saturated heterocycles. The number of fused-ring (bicyclic) bond motifs is 1. The van der Waals surface area contributed by atoms with Crippen LogP contribution >= 0.6 is 34.0 Å². The molecule has 0 saturated carbocycles. The molecule has 3 nitrogen and oxygen atoms in total. The molecule has 0 atom stereocenters. The highest BCUT2D eigenvalue weighted by Gasteiger charge is 2.12. The van der Waals surface area contributed by atoms with Crippen molar-refractivity contribution >= 4 is 45.2 Å². The van der Waals surface area contributed by atoms with E-state index in [9.17, 15) is 0 Å². The Bertz CT molecular complexity index is 1120. The molecule has 116 valence electrons. The van der Waals surface area contributed by atoms with Gasteiger partial charge in [0.05, 0.1) is 11.8 Å². The average molecular weight is 366 g/mol. The Morgan fingerprint density at radius 1 is 0.750 bits per heavy atom. The number of nitrogens with one attached hydrogen (secondary N) is 1. The topological polar surface area (TPSA) is 41.6 Å². The second-order valence-electron chi connectivity index (χ2n) is 5.26. The Morgan fingerprint density at radius 2 is 1.50 bits per heavy atom. The zero-order chi connectivity index (χ0) is 15.9. The first-order valence-corrected chi connectivity index (χ1v) is 9.92. The van der Waals surface area contributed by atoms with E-state index in [-0.39, 0.29) is 0 Å². The zero-order valence-corrected chi connectivity index (χ0v) is 14.8. The van der Waals surface area contributed by atoms with Crippen LogP contribution in [-0.2, 0) is 0 Å². The van der Waals surface area contributed by atoms with Crippen LogP contribution in [0.3, 0.4) is 0 Å². The molecular formula is C18H11N3S3. The van der Waals surface area contributed by atoms with Crippen molar-refractivity contribution in [2.45, 2.75) is 0 Å². The Hall–Kier alpha value is -2.28. The van der Waals surface area contributed by atoms with Crippen LogP contribution in [-0.4, -0.2) is 15.0 Å². The van der Waals surface area contributed by atoms with Crippen molar-refractivity contribution in [2.24, 2.45) is 0 Å². The van der Waals surface area contributed by atoms with Crippen LogP contribution in [0, 0.1) is 0 Å². The molecule has 5 aromatic heterocycles. The summed E-state index contributed by atoms with van der Waals surface area (Å²) < 4.78 is 0. The first kappa shape index (κ1) is 14.1. The third-order valence-electron chi connectivity index (χ3n) is 3.81. The third kappa shape index (κ3) is 2.31. The van der Waals surface area contributed by atoms with E-state index in [0.717, 1.165) is 16.7 Å². The number of hydrogen-bond acceptors (Lipinski definition) is 5. The van der Waals surface area contributed by atoms with Gasteiger partial charge in [0.25, 0.3) is 0 Å². The van der Waals surface area contributed by atoms with Crippen LogP contribution < -0.4 is 0 Å². The van der Waals surface area contributed by atoms with Crippen molar-refractivity contribution < 1.29 is 0 Å². The van der Waals surface area contributed by atoms with Gasteiger partial charge in [-0.15, -0.1) is 34.0 Å². The molecule has 5 rings (SSSR count). The second-order valence-corrected chi connectivity index (χ2v) is 8.38. The molecule has 0 amide bonds. The van der Waals surface area contributed by atoms with Gasteiger partial charge in [-0.3, -0.25) is 0 Å². The lowest BCUT2D eigenvalue weighted by molar-refractivity contribution is 1.30. The molecule has 0 spiro atoms. The minimum atomic E-state index is 0.763. The molecule has 0 aliphatic heterocycles. The summed E-state index contributed by atoms with van der Waals surface area (Å²) in [4.78, 5) is 18.2. The number of hydrogen-bond donors (Lipinski definition) is 1. The van der Waals surface area contributed by atoms with E-state index in [2.05, 4.69) is 56.7 Å². The molecule has 0 aliphatic carbocycles. The number of pyridine rings is 1. The zero-order valence-electron chi connectivity index (χ0n) is 12.4. The summed E-state index contributed by atoms with van der Waals surface area (Å²) in [5.74, 6) is 0. The number of rotatable bonds is 3. The maximum atomic E-state index is 4.29. The van der Waals surface area contributed by atoms with Gasteiger partial charge >= 0.3 is 0 Å². The summed E-state index contributed by atoms with van der Waals surface area (Å²) in [5, 5.41) is 2.12. The molecule has 0 radical (unpaired) electrons. The van der Waals surface area contributed by atoms with Gasteiger partial charge in [0, 0.05) is 36.1 Å². The summed E-state index contributed by atoms with van der Waals surface area (Å²) in [5.41, 5.74) is 2.92. The molecule has 5 aromatic rings. The normalized spacial score (nSPS) is 11.3. The second kappa shape index (κ2) is 5.66. The fourth-order valence-corrected chi connectivity index (χ4v) is 5.66. The van der Waals surface area contributed by atoms with Crippen LogP contribution in [0.15, 0.2) is 60.4 Å². The number of aromatic amines is 1. The van der Waals surface area contributed by atoms with Gasteiger partial charge in [-0.1, -0.05) is 6.07 Å². The lowest BCUT2D eigenvalue weighted by Crippen LogP contribution is -1.79. The van der Waals surface area contributed by atoms with Crippen molar-refractivity contribution in [1.29, 1.82) is 0 Å². The number of imidazole rings is 1. The Labute approximate surface area is 150 Å². The van der Waals surface area contributed by atoms with E-state index < -0.39 is 0 Å². The summed E-state index contributed by atoms with van der Waals surface area (Å²) in [6, 6.07) is 15.1. The number of nitrogens with zero attached hydrogens (tertiary/aromatic N) is 2. The quantitative estimate of drug-likeness (QED) is 0.417. The number of thiophene rings is 3. The maximum absolute atomic E-state index is 4.29. The molecule has 24 heavy (non-hydrogen) atoms. The fraction of sp³-hybridized carbons (Fsp3) is 0. The first-order valence-electron chi connectivity index (χ1n) is 7.41. The highest BCUT2D eigenvalue weighted by molar-refractivity contribution is 7.27. The standard InChI is InChI=1S/C18H11N3S3/c1-2-13(22-9-1)14-5-6-16(24-14)15-4-3-12(23-15)11-7-8-19-18-17(11)20-10-21-18/h1-10H,(H,19,20,21). The van der Waals surface area contributed by atoms with Crippen molar-refractivity contribution in [3.05, 3.63) is 60.4 Å². The van der Waals surface area contributed by atoms with Gasteiger partial charge in [-0.25, -0.2) is 9.97 Å². The predicted octanol–water partition coefficient (Wildman–Crippen LogP) is 6.14. The third-order valence-corrected chi connectivity index (χ3v) is 7.28. The van der Waals surface area contributed by atoms with Crippen LogP contribution in [0.25, 0.3) is 41.1 Å². The predicted molar refractivity (Wildman–Crippen MR) is 104 cm³/mol. The molecule has 0 aromatic carbocycles. The van der Waals surface area contributed by atoms with Gasteiger partial charge in [-0.05, 0) is 41.8 Å². The SMILES string of the molecule is c1csc(-c2ccc(-c3ccc(-c4ccnc5nc[nH]c45)s3)s2)c1. The minimum absolute atomic E-state index is 0.763. The van der Waals surface area contributed by atoms with Gasteiger partial charge < -0.3 is 4.98 Å². The van der Waals surface area contributed by atoms with Crippen LogP contribution in [0.1, 0.15) is 0 Å². The molecule has 6 heteroatoms. The Morgan fingerprint density at radius 3 is 2.29 bits per heavy atom. The van der Waals surface area contributed by atoms with Gasteiger partial charge in [0.2, 0.25) is 0 Å². The Balaban J connectivity index is 1.55. The molecule has 1 N–H and O–H groups in total. The van der Waals surface area contributed by atoms with Crippen LogP contribution in [0.4, 0.5) is 0 Å². The van der Waals surface area contributed by atoms with Gasteiger partial charge in [-0.2, -0.15) is 0 Å². The molecule has 0 bridgehead atoms. The highest BCUT2D eigenvalue weighted by Crippen LogP contribution is 2.41. The van der Waals surface area contributed by atoms with Gasteiger partial charge in [0.15, 0.2) is 5.65 Å². The number of aromatic nitrogens is 3. The molecule has 5 heterocycles. The van der Waals surface area contributed by atoms with Crippen molar-refractivity contribution in [3.63, 3.8) is 0 Å². The molecular weight excluding hydrogens is 354 g/mol. The lowest BCUT2D eigenvalue weighted by Gasteiger charge is -1.98. The maximum Gasteiger partial charge on any atom is 0.178 e. The minimum Gasteiger partial charge on any atom is -0.343 e. The summed E-state index contributed by atoms with van der Waals surface area (Å²) in [6.07, 6.45) is 3.51. The lowest BCUT2D eigenvalue weighted by atomic mass is 10.2. The summed E-state index contributed by atoms with van der Waals surface area (Å²) >= 11 is 5.44. The smallest absolute Gasteiger partial charge is 0.178 e. The van der Waals surface area contributed by atoms with Crippen molar-refractivity contribution in [1.82, 2.24) is 15.0 Å². The van der Waals surface area contributed by atoms with E-state index in [1.807, 2.05) is 23.6 Å². The fourth-order valence-electron chi connectivity index (χ4n) is 2.69.